The number of hydrogen-bond acceptors (Lipinski definition) is 1. The first-order valence-electron chi connectivity index (χ1n) is 4.30. The summed E-state index contributed by atoms with van der Waals surface area (Å²) in [6.07, 6.45) is 1.20. The van der Waals surface area contributed by atoms with Crippen molar-refractivity contribution in [3.63, 3.8) is 0 Å². The van der Waals surface area contributed by atoms with E-state index in [4.69, 9.17) is 4.43 Å². The molecule has 12 heavy (non-hydrogen) atoms. The third kappa shape index (κ3) is 2.70. The van der Waals surface area contributed by atoms with E-state index in [9.17, 15) is 0 Å². The second-order valence-corrected chi connectivity index (χ2v) is 3.75. The molecular formula is C10H14OSi. The molecule has 0 aliphatic carbocycles. The van der Waals surface area contributed by atoms with Gasteiger partial charge in [-0.1, -0.05) is 31.5 Å². The van der Waals surface area contributed by atoms with Crippen molar-refractivity contribution < 1.29 is 4.43 Å². The Morgan fingerprint density at radius 1 is 1.33 bits per heavy atom. The van der Waals surface area contributed by atoms with Crippen LogP contribution >= 0.6 is 0 Å². The van der Waals surface area contributed by atoms with Gasteiger partial charge in [-0.3, -0.25) is 0 Å². The lowest BCUT2D eigenvalue weighted by molar-refractivity contribution is 0.585. The van der Waals surface area contributed by atoms with E-state index in [1.165, 1.54) is 12.0 Å². The van der Waals surface area contributed by atoms with E-state index in [1.54, 1.807) is 0 Å². The maximum absolute atomic E-state index is 5.60. The van der Waals surface area contributed by atoms with E-state index in [0.717, 1.165) is 11.8 Å². The van der Waals surface area contributed by atoms with Gasteiger partial charge in [-0.2, -0.15) is 0 Å². The predicted molar refractivity (Wildman–Crippen MR) is 52.7 cm³/mol. The van der Waals surface area contributed by atoms with Gasteiger partial charge in [0, 0.05) is 0 Å². The van der Waals surface area contributed by atoms with Crippen molar-refractivity contribution >= 4 is 9.76 Å². The first kappa shape index (κ1) is 9.33. The van der Waals surface area contributed by atoms with Gasteiger partial charge in [-0.25, -0.2) is 0 Å². The molecule has 0 spiro atoms. The van der Waals surface area contributed by atoms with Crippen molar-refractivity contribution in [2.75, 3.05) is 0 Å². The van der Waals surface area contributed by atoms with E-state index in [1.807, 2.05) is 18.2 Å². The van der Waals surface area contributed by atoms with E-state index in [2.05, 4.69) is 19.9 Å². The van der Waals surface area contributed by atoms with Crippen LogP contribution in [0.25, 0.3) is 0 Å². The molecule has 0 saturated carbocycles. The maximum Gasteiger partial charge on any atom is 0.310 e. The SMILES string of the molecule is CCC[Si]Oc1ccccc1C. The van der Waals surface area contributed by atoms with Crippen molar-refractivity contribution in [3.8, 4) is 5.75 Å². The molecule has 0 unspecified atom stereocenters. The maximum atomic E-state index is 5.60. The van der Waals surface area contributed by atoms with Crippen LogP contribution in [-0.4, -0.2) is 9.76 Å². The zero-order chi connectivity index (χ0) is 8.81. The minimum atomic E-state index is 0.606. The summed E-state index contributed by atoms with van der Waals surface area (Å²) >= 11 is 0. The summed E-state index contributed by atoms with van der Waals surface area (Å²) in [4.78, 5) is 0. The normalized spacial score (nSPS) is 9.83. The third-order valence-corrected chi connectivity index (χ3v) is 2.70. The molecule has 0 atom stereocenters. The monoisotopic (exact) mass is 178 g/mol. The van der Waals surface area contributed by atoms with Crippen LogP contribution in [0.2, 0.25) is 6.04 Å². The summed E-state index contributed by atoms with van der Waals surface area (Å²) < 4.78 is 5.60. The molecule has 0 fully saturated rings. The lowest BCUT2D eigenvalue weighted by Gasteiger charge is -2.06. The third-order valence-electron chi connectivity index (χ3n) is 1.63. The number of hydrogen-bond donors (Lipinski definition) is 0. The van der Waals surface area contributed by atoms with E-state index in [-0.39, 0.29) is 0 Å². The highest BCUT2D eigenvalue weighted by atomic mass is 28.2. The van der Waals surface area contributed by atoms with Gasteiger partial charge < -0.3 is 4.43 Å². The molecule has 2 radical (unpaired) electrons. The summed E-state index contributed by atoms with van der Waals surface area (Å²) in [5.74, 6) is 1.03. The first-order chi connectivity index (χ1) is 5.84. The largest absolute Gasteiger partial charge is 0.541 e. The fraction of sp³-hybridized carbons (Fsp3) is 0.400. The molecule has 1 rings (SSSR count). The number of aryl methyl sites for hydroxylation is 1. The van der Waals surface area contributed by atoms with E-state index in [0.29, 0.717) is 9.76 Å². The van der Waals surface area contributed by atoms with Crippen LogP contribution in [0.1, 0.15) is 18.9 Å². The zero-order valence-corrected chi connectivity index (χ0v) is 8.63. The van der Waals surface area contributed by atoms with Crippen molar-refractivity contribution in [2.45, 2.75) is 26.3 Å². The molecule has 0 amide bonds. The highest BCUT2D eigenvalue weighted by Gasteiger charge is 1.97. The first-order valence-corrected chi connectivity index (χ1v) is 5.41. The number of rotatable bonds is 4. The summed E-state index contributed by atoms with van der Waals surface area (Å²) in [6, 6.07) is 9.31. The summed E-state index contributed by atoms with van der Waals surface area (Å²) in [5.41, 5.74) is 1.22. The Balaban J connectivity index is 2.46. The quantitative estimate of drug-likeness (QED) is 0.509. The fourth-order valence-electron chi connectivity index (χ4n) is 0.902. The Labute approximate surface area is 76.7 Å². The molecule has 1 aromatic rings. The van der Waals surface area contributed by atoms with Gasteiger partial charge >= 0.3 is 9.76 Å². The highest BCUT2D eigenvalue weighted by Crippen LogP contribution is 2.15. The summed E-state index contributed by atoms with van der Waals surface area (Å²) in [7, 11) is 0.606. The van der Waals surface area contributed by atoms with Crippen molar-refractivity contribution in [2.24, 2.45) is 0 Å². The molecule has 2 heteroatoms. The lowest BCUT2D eigenvalue weighted by atomic mass is 10.2. The number of benzene rings is 1. The van der Waals surface area contributed by atoms with E-state index >= 15 is 0 Å². The predicted octanol–water partition coefficient (Wildman–Crippen LogP) is 2.82. The average Bonchev–Trinajstić information content (AvgIpc) is 2.09. The molecule has 1 aromatic carbocycles. The van der Waals surface area contributed by atoms with Crippen LogP contribution in [0.5, 0.6) is 5.75 Å². The van der Waals surface area contributed by atoms with Crippen molar-refractivity contribution in [1.29, 1.82) is 0 Å². The van der Waals surface area contributed by atoms with Gasteiger partial charge in [0.25, 0.3) is 0 Å². The van der Waals surface area contributed by atoms with Crippen molar-refractivity contribution in [1.82, 2.24) is 0 Å². The van der Waals surface area contributed by atoms with Crippen LogP contribution in [0, 0.1) is 6.92 Å². The van der Waals surface area contributed by atoms with Crippen LogP contribution in [0.3, 0.4) is 0 Å². The smallest absolute Gasteiger partial charge is 0.310 e. The van der Waals surface area contributed by atoms with Crippen LogP contribution in [0.4, 0.5) is 0 Å². The Morgan fingerprint density at radius 2 is 2.08 bits per heavy atom. The highest BCUT2D eigenvalue weighted by molar-refractivity contribution is 6.28. The zero-order valence-electron chi connectivity index (χ0n) is 7.63. The van der Waals surface area contributed by atoms with Crippen LogP contribution < -0.4 is 4.43 Å². The molecule has 0 bridgehead atoms. The molecule has 1 nitrogen and oxygen atoms in total. The topological polar surface area (TPSA) is 9.23 Å². The fourth-order valence-corrected chi connectivity index (χ4v) is 1.59. The van der Waals surface area contributed by atoms with Gasteiger partial charge in [-0.05, 0) is 24.6 Å². The Morgan fingerprint density at radius 3 is 2.75 bits per heavy atom. The van der Waals surface area contributed by atoms with Gasteiger partial charge in [0.05, 0.1) is 0 Å². The Bertz CT molecular complexity index is 235. The molecule has 0 aliphatic rings. The molecule has 0 aliphatic heterocycles. The molecule has 0 heterocycles. The minimum Gasteiger partial charge on any atom is -0.541 e. The molecule has 0 saturated heterocycles. The van der Waals surface area contributed by atoms with Crippen molar-refractivity contribution in [3.05, 3.63) is 29.8 Å². The van der Waals surface area contributed by atoms with Gasteiger partial charge in [0.1, 0.15) is 5.75 Å². The van der Waals surface area contributed by atoms with Crippen LogP contribution in [-0.2, 0) is 0 Å². The summed E-state index contributed by atoms with van der Waals surface area (Å²) in [6.45, 7) is 4.25. The Kier molecular flexibility index (Phi) is 3.87. The second-order valence-electron chi connectivity index (χ2n) is 2.76. The molecule has 0 aromatic heterocycles. The van der Waals surface area contributed by atoms with E-state index < -0.39 is 0 Å². The molecular weight excluding hydrogens is 164 g/mol. The second kappa shape index (κ2) is 4.98. The molecule has 64 valence electrons. The van der Waals surface area contributed by atoms with Gasteiger partial charge in [0.15, 0.2) is 0 Å². The minimum absolute atomic E-state index is 0.606. The van der Waals surface area contributed by atoms with Gasteiger partial charge in [-0.15, -0.1) is 0 Å². The molecule has 0 N–H and O–H groups in total. The summed E-state index contributed by atoms with van der Waals surface area (Å²) in [5, 5.41) is 0. The van der Waals surface area contributed by atoms with Gasteiger partial charge in [0.2, 0.25) is 0 Å². The van der Waals surface area contributed by atoms with Crippen LogP contribution in [0.15, 0.2) is 24.3 Å². The average molecular weight is 178 g/mol. The lowest BCUT2D eigenvalue weighted by Crippen LogP contribution is -2.01. The Hall–Kier alpha value is -0.763. The number of para-hydroxylation sites is 1. The standard InChI is InChI=1S/C10H14OSi/c1-3-8-12-11-10-7-5-4-6-9(10)2/h4-7H,3,8H2,1-2H3.